The summed E-state index contributed by atoms with van der Waals surface area (Å²) in [5.74, 6) is -0.0916. The molecule has 1 aromatic heterocycles. The molecule has 1 unspecified atom stereocenters. The molecule has 1 aliphatic heterocycles. The highest BCUT2D eigenvalue weighted by atomic mass is 16.2. The van der Waals surface area contributed by atoms with E-state index in [-0.39, 0.29) is 24.3 Å². The lowest BCUT2D eigenvalue weighted by molar-refractivity contribution is -0.140. The summed E-state index contributed by atoms with van der Waals surface area (Å²) in [5, 5.41) is 14.8. The van der Waals surface area contributed by atoms with E-state index in [1.54, 1.807) is 29.2 Å². The number of nitriles is 1. The normalized spacial score (nSPS) is 16.4. The predicted molar refractivity (Wildman–Crippen MR) is 131 cm³/mol. The number of aryl methyl sites for hydroxylation is 1. The fraction of sp³-hybridized carbons (Fsp3) is 0.400. The SMILES string of the molecule is Cc1cccc(NC(=NC2CCCCN(CC(=O)N(C)CCc3ccncc3)C2=O)NC#N)c1. The Morgan fingerprint density at radius 2 is 2.09 bits per heavy atom. The number of aromatic nitrogens is 1. The number of nitrogens with zero attached hydrogens (tertiary/aromatic N) is 5. The maximum atomic E-state index is 13.2. The Balaban J connectivity index is 1.64. The van der Waals surface area contributed by atoms with Crippen LogP contribution in [0, 0.1) is 18.4 Å². The average molecular weight is 462 g/mol. The lowest BCUT2D eigenvalue weighted by atomic mass is 10.1. The van der Waals surface area contributed by atoms with E-state index in [4.69, 9.17) is 5.26 Å². The fourth-order valence-corrected chi connectivity index (χ4v) is 3.78. The number of benzene rings is 1. The van der Waals surface area contributed by atoms with Gasteiger partial charge in [-0.2, -0.15) is 5.26 Å². The Hall–Kier alpha value is -3.93. The number of guanidine groups is 1. The fourth-order valence-electron chi connectivity index (χ4n) is 3.78. The summed E-state index contributed by atoms with van der Waals surface area (Å²) in [6, 6.07) is 10.9. The van der Waals surface area contributed by atoms with Crippen molar-refractivity contribution in [3.05, 3.63) is 59.9 Å². The van der Waals surface area contributed by atoms with Crippen molar-refractivity contribution in [3.8, 4) is 6.19 Å². The third kappa shape index (κ3) is 7.30. The van der Waals surface area contributed by atoms with Gasteiger partial charge in [0.15, 0.2) is 6.19 Å². The number of aliphatic imine (C=N–C) groups is 1. The quantitative estimate of drug-likeness (QED) is 0.283. The first-order valence-corrected chi connectivity index (χ1v) is 11.4. The number of nitrogens with one attached hydrogen (secondary N) is 2. The molecule has 1 atom stereocenters. The molecule has 0 saturated carbocycles. The van der Waals surface area contributed by atoms with Gasteiger partial charge in [0.05, 0.1) is 6.54 Å². The molecule has 1 aromatic carbocycles. The molecule has 0 bridgehead atoms. The number of rotatable bonds is 7. The molecule has 9 heteroatoms. The summed E-state index contributed by atoms with van der Waals surface area (Å²) in [7, 11) is 1.75. The van der Waals surface area contributed by atoms with Crippen LogP contribution in [0.5, 0.6) is 0 Å². The molecule has 1 aliphatic rings. The summed E-state index contributed by atoms with van der Waals surface area (Å²) in [6.07, 6.45) is 8.24. The molecule has 1 fully saturated rings. The lowest BCUT2D eigenvalue weighted by Crippen LogP contribution is -2.45. The van der Waals surface area contributed by atoms with E-state index in [0.29, 0.717) is 19.5 Å². The van der Waals surface area contributed by atoms with E-state index in [9.17, 15) is 9.59 Å². The monoisotopic (exact) mass is 461 g/mol. The number of hydrogen-bond acceptors (Lipinski definition) is 5. The first-order chi connectivity index (χ1) is 16.5. The van der Waals surface area contributed by atoms with Gasteiger partial charge in [0.2, 0.25) is 17.8 Å². The van der Waals surface area contributed by atoms with Crippen molar-refractivity contribution >= 4 is 23.5 Å². The maximum Gasteiger partial charge on any atom is 0.247 e. The first kappa shape index (κ1) is 24.7. The molecule has 0 aliphatic carbocycles. The molecule has 0 radical (unpaired) electrons. The van der Waals surface area contributed by atoms with Crippen LogP contribution in [0.3, 0.4) is 0 Å². The van der Waals surface area contributed by atoms with Crippen LogP contribution in [0.4, 0.5) is 5.69 Å². The van der Waals surface area contributed by atoms with Gasteiger partial charge in [-0.3, -0.25) is 19.9 Å². The Morgan fingerprint density at radius 3 is 2.82 bits per heavy atom. The highest BCUT2D eigenvalue weighted by Crippen LogP contribution is 2.16. The average Bonchev–Trinajstić information content (AvgIpc) is 2.99. The summed E-state index contributed by atoms with van der Waals surface area (Å²) < 4.78 is 0. The Bertz CT molecular complexity index is 1050. The molecule has 1 saturated heterocycles. The third-order valence-corrected chi connectivity index (χ3v) is 5.73. The van der Waals surface area contributed by atoms with Crippen LogP contribution >= 0.6 is 0 Å². The summed E-state index contributed by atoms with van der Waals surface area (Å²) in [6.45, 7) is 3.06. The first-order valence-electron chi connectivity index (χ1n) is 11.4. The number of anilines is 1. The smallest absolute Gasteiger partial charge is 0.247 e. The number of carbonyl (C=O) groups is 2. The summed E-state index contributed by atoms with van der Waals surface area (Å²) in [5.41, 5.74) is 2.93. The molecule has 2 heterocycles. The van der Waals surface area contributed by atoms with Crippen molar-refractivity contribution in [1.82, 2.24) is 20.1 Å². The summed E-state index contributed by atoms with van der Waals surface area (Å²) >= 11 is 0. The van der Waals surface area contributed by atoms with Gasteiger partial charge < -0.3 is 15.1 Å². The van der Waals surface area contributed by atoms with Crippen LogP contribution in [-0.4, -0.2) is 65.3 Å². The van der Waals surface area contributed by atoms with Crippen molar-refractivity contribution < 1.29 is 9.59 Å². The minimum absolute atomic E-state index is 0.0179. The Morgan fingerprint density at radius 1 is 1.29 bits per heavy atom. The van der Waals surface area contributed by atoms with Crippen molar-refractivity contribution in [2.24, 2.45) is 4.99 Å². The minimum Gasteiger partial charge on any atom is -0.344 e. The zero-order valence-corrected chi connectivity index (χ0v) is 19.7. The van der Waals surface area contributed by atoms with Gasteiger partial charge in [0, 0.05) is 38.2 Å². The molecule has 34 heavy (non-hydrogen) atoms. The second kappa shape index (κ2) is 12.3. The molecular formula is C25H31N7O2. The maximum absolute atomic E-state index is 13.2. The van der Waals surface area contributed by atoms with Crippen LogP contribution in [0.25, 0.3) is 0 Å². The Kier molecular flexibility index (Phi) is 8.97. The lowest BCUT2D eigenvalue weighted by Gasteiger charge is -2.25. The van der Waals surface area contributed by atoms with Crippen LogP contribution < -0.4 is 10.6 Å². The van der Waals surface area contributed by atoms with Crippen LogP contribution in [-0.2, 0) is 16.0 Å². The van der Waals surface area contributed by atoms with Gasteiger partial charge in [-0.05, 0) is 68.0 Å². The van der Waals surface area contributed by atoms with Gasteiger partial charge in [-0.1, -0.05) is 12.1 Å². The standard InChI is InChI=1S/C25H31N7O2/c1-19-6-5-7-21(16-19)29-25(28-18-26)30-22-8-3-4-14-32(24(22)34)17-23(33)31(2)15-11-20-9-12-27-13-10-20/h5-7,9-10,12-13,16,22H,3-4,8,11,14-15,17H2,1-2H3,(H2,28,29,30). The second-order valence-corrected chi connectivity index (χ2v) is 8.40. The minimum atomic E-state index is -0.661. The molecule has 2 N–H and O–H groups in total. The van der Waals surface area contributed by atoms with Crippen molar-refractivity contribution in [2.75, 3.05) is 32.0 Å². The van der Waals surface area contributed by atoms with Gasteiger partial charge in [-0.15, -0.1) is 0 Å². The number of pyridine rings is 1. The van der Waals surface area contributed by atoms with Crippen LogP contribution in [0.15, 0.2) is 53.8 Å². The molecule has 2 amide bonds. The number of carbonyl (C=O) groups excluding carboxylic acids is 2. The van der Waals surface area contributed by atoms with E-state index in [2.05, 4.69) is 20.6 Å². The van der Waals surface area contributed by atoms with Crippen molar-refractivity contribution in [3.63, 3.8) is 0 Å². The summed E-state index contributed by atoms with van der Waals surface area (Å²) in [4.78, 5) is 37.8. The largest absolute Gasteiger partial charge is 0.344 e. The molecule has 178 valence electrons. The zero-order valence-electron chi connectivity index (χ0n) is 19.7. The number of hydrogen-bond donors (Lipinski definition) is 2. The molecule has 9 nitrogen and oxygen atoms in total. The van der Waals surface area contributed by atoms with Crippen LogP contribution in [0.1, 0.15) is 30.4 Å². The Labute approximate surface area is 200 Å². The van der Waals surface area contributed by atoms with Crippen LogP contribution in [0.2, 0.25) is 0 Å². The van der Waals surface area contributed by atoms with Crippen molar-refractivity contribution in [1.29, 1.82) is 5.26 Å². The number of likely N-dealkylation sites (N-methyl/N-ethyl adjacent to an activating group) is 1. The highest BCUT2D eigenvalue weighted by Gasteiger charge is 2.29. The van der Waals surface area contributed by atoms with E-state index in [0.717, 1.165) is 36.1 Å². The third-order valence-electron chi connectivity index (χ3n) is 5.73. The van der Waals surface area contributed by atoms with Gasteiger partial charge in [0.25, 0.3) is 0 Å². The zero-order chi connectivity index (χ0) is 24.3. The van der Waals surface area contributed by atoms with E-state index in [1.165, 1.54) is 0 Å². The van der Waals surface area contributed by atoms with Gasteiger partial charge in [0.1, 0.15) is 6.04 Å². The molecule has 2 aromatic rings. The predicted octanol–water partition coefficient (Wildman–Crippen LogP) is 2.31. The van der Waals surface area contributed by atoms with Crippen molar-refractivity contribution in [2.45, 2.75) is 38.6 Å². The molecule has 3 rings (SSSR count). The highest BCUT2D eigenvalue weighted by molar-refractivity contribution is 5.97. The molecule has 0 spiro atoms. The van der Waals surface area contributed by atoms with E-state index >= 15 is 0 Å². The molecular weight excluding hydrogens is 430 g/mol. The number of amides is 2. The van der Waals surface area contributed by atoms with E-state index in [1.807, 2.05) is 49.5 Å². The van der Waals surface area contributed by atoms with E-state index < -0.39 is 6.04 Å². The topological polar surface area (TPSA) is 114 Å². The second-order valence-electron chi connectivity index (χ2n) is 8.40. The number of likely N-dealkylation sites (tertiary alicyclic amines) is 1. The van der Waals surface area contributed by atoms with Gasteiger partial charge >= 0.3 is 0 Å². The van der Waals surface area contributed by atoms with Gasteiger partial charge in [-0.25, -0.2) is 4.99 Å².